The maximum Gasteiger partial charge on any atom is 0.155 e. The van der Waals surface area contributed by atoms with Crippen molar-refractivity contribution < 1.29 is 8.76 Å². The number of rotatable bonds is 3. The van der Waals surface area contributed by atoms with Crippen molar-refractivity contribution in [3.63, 3.8) is 0 Å². The van der Waals surface area contributed by atoms with E-state index in [0.717, 1.165) is 6.42 Å². The molecule has 0 bridgehead atoms. The Morgan fingerprint density at radius 1 is 1.56 bits per heavy atom. The van der Waals surface area contributed by atoms with Crippen molar-refractivity contribution in [3.05, 3.63) is 0 Å². The third kappa shape index (κ3) is 2.96. The van der Waals surface area contributed by atoms with Crippen molar-refractivity contribution in [3.8, 4) is 0 Å². The van der Waals surface area contributed by atoms with E-state index >= 15 is 0 Å². The highest BCUT2D eigenvalue weighted by Crippen LogP contribution is 2.10. The molecular formula is C6H14O2S. The van der Waals surface area contributed by atoms with Gasteiger partial charge in [-0.1, -0.05) is 20.3 Å². The van der Waals surface area contributed by atoms with Crippen LogP contribution in [-0.2, 0) is 11.1 Å². The van der Waals surface area contributed by atoms with Crippen LogP contribution in [0.4, 0.5) is 0 Å². The highest BCUT2D eigenvalue weighted by atomic mass is 32.2. The average molecular weight is 150 g/mol. The largest absolute Gasteiger partial charge is 0.306 e. The Balaban J connectivity index is 3.72. The van der Waals surface area contributed by atoms with Gasteiger partial charge >= 0.3 is 0 Å². The summed E-state index contributed by atoms with van der Waals surface area (Å²) in [6.07, 6.45) is 0.966. The molecule has 3 unspecified atom stereocenters. The van der Waals surface area contributed by atoms with Crippen LogP contribution in [0.5, 0.6) is 0 Å². The van der Waals surface area contributed by atoms with E-state index in [2.05, 4.69) is 0 Å². The Labute approximate surface area is 58.9 Å². The van der Waals surface area contributed by atoms with Crippen LogP contribution in [0.3, 0.4) is 0 Å². The molecule has 0 saturated carbocycles. The zero-order valence-corrected chi connectivity index (χ0v) is 6.94. The molecule has 3 heteroatoms. The smallest absolute Gasteiger partial charge is 0.155 e. The molecule has 0 heterocycles. The molecule has 0 aliphatic heterocycles. The molecule has 2 nitrogen and oxygen atoms in total. The minimum atomic E-state index is -1.64. The summed E-state index contributed by atoms with van der Waals surface area (Å²) in [5, 5.41) is -0.0880. The summed E-state index contributed by atoms with van der Waals surface area (Å²) in [5.74, 6) is 0.343. The van der Waals surface area contributed by atoms with Gasteiger partial charge in [0.25, 0.3) is 0 Å². The van der Waals surface area contributed by atoms with Crippen molar-refractivity contribution in [1.29, 1.82) is 0 Å². The van der Waals surface area contributed by atoms with E-state index in [1.165, 1.54) is 0 Å². The summed E-state index contributed by atoms with van der Waals surface area (Å²) in [5.41, 5.74) is 0. The Kier molecular flexibility index (Phi) is 4.06. The topological polar surface area (TPSA) is 37.3 Å². The Morgan fingerprint density at radius 3 is 2.11 bits per heavy atom. The molecule has 0 radical (unpaired) electrons. The van der Waals surface area contributed by atoms with Crippen LogP contribution in [0.2, 0.25) is 0 Å². The Hall–Kier alpha value is 0.110. The normalized spacial score (nSPS) is 20.9. The molecule has 0 aromatic rings. The van der Waals surface area contributed by atoms with E-state index in [9.17, 15) is 4.21 Å². The third-order valence-corrected chi connectivity index (χ3v) is 2.86. The van der Waals surface area contributed by atoms with Crippen LogP contribution < -0.4 is 0 Å². The van der Waals surface area contributed by atoms with Gasteiger partial charge in [0.1, 0.15) is 0 Å². The van der Waals surface area contributed by atoms with Crippen LogP contribution >= 0.6 is 0 Å². The Morgan fingerprint density at radius 2 is 2.00 bits per heavy atom. The van der Waals surface area contributed by atoms with Crippen LogP contribution in [0, 0.1) is 5.92 Å². The lowest BCUT2D eigenvalue weighted by Crippen LogP contribution is -2.18. The van der Waals surface area contributed by atoms with E-state index in [0.29, 0.717) is 5.92 Å². The molecule has 0 fully saturated rings. The predicted molar refractivity (Wildman–Crippen MR) is 39.7 cm³/mol. The van der Waals surface area contributed by atoms with Gasteiger partial charge in [0, 0.05) is 0 Å². The van der Waals surface area contributed by atoms with Crippen molar-refractivity contribution in [2.45, 2.75) is 32.4 Å². The maximum atomic E-state index is 10.4. The molecule has 0 amide bonds. The molecule has 0 rings (SSSR count). The summed E-state index contributed by atoms with van der Waals surface area (Å²) in [4.78, 5) is 0. The Bertz CT molecular complexity index is 103. The van der Waals surface area contributed by atoms with Crippen LogP contribution in [-0.4, -0.2) is 14.0 Å². The highest BCUT2D eigenvalue weighted by molar-refractivity contribution is 7.79. The number of hydrogen-bond acceptors (Lipinski definition) is 1. The maximum absolute atomic E-state index is 10.4. The minimum Gasteiger partial charge on any atom is -0.306 e. The second-order valence-electron chi connectivity index (χ2n) is 2.37. The lowest BCUT2D eigenvalue weighted by molar-refractivity contribution is 0.492. The standard InChI is InChI=1S/C6H14O2S/c1-4-5(2)6(3)9(7)8/h5-6H,4H2,1-3H3,(H,7,8). The summed E-state index contributed by atoms with van der Waals surface area (Å²) in [6, 6.07) is 0. The van der Waals surface area contributed by atoms with Gasteiger partial charge in [-0.05, 0) is 12.8 Å². The fourth-order valence-corrected chi connectivity index (χ4v) is 1.12. The average Bonchev–Trinajstić information content (AvgIpc) is 1.84. The monoisotopic (exact) mass is 150 g/mol. The SMILES string of the molecule is CCC(C)C(C)S(=O)O. The summed E-state index contributed by atoms with van der Waals surface area (Å²) < 4.78 is 19.0. The molecule has 1 N–H and O–H groups in total. The van der Waals surface area contributed by atoms with E-state index in [-0.39, 0.29) is 5.25 Å². The van der Waals surface area contributed by atoms with Gasteiger partial charge in [0.2, 0.25) is 0 Å². The van der Waals surface area contributed by atoms with Gasteiger partial charge in [-0.15, -0.1) is 0 Å². The lowest BCUT2D eigenvalue weighted by atomic mass is 10.1. The van der Waals surface area contributed by atoms with Gasteiger partial charge in [0.15, 0.2) is 11.1 Å². The van der Waals surface area contributed by atoms with Crippen LogP contribution in [0.25, 0.3) is 0 Å². The summed E-state index contributed by atoms with van der Waals surface area (Å²) >= 11 is -1.64. The highest BCUT2D eigenvalue weighted by Gasteiger charge is 2.14. The second kappa shape index (κ2) is 4.01. The molecule has 3 atom stereocenters. The summed E-state index contributed by atoms with van der Waals surface area (Å²) in [6.45, 7) is 5.80. The molecule has 56 valence electrons. The van der Waals surface area contributed by atoms with Crippen molar-refractivity contribution in [2.24, 2.45) is 5.92 Å². The molecule has 0 saturated heterocycles. The second-order valence-corrected chi connectivity index (χ2v) is 3.66. The fourth-order valence-electron chi connectivity index (χ4n) is 0.531. The zero-order valence-electron chi connectivity index (χ0n) is 6.13. The molecule has 0 aromatic carbocycles. The quantitative estimate of drug-likeness (QED) is 0.621. The predicted octanol–water partition coefficient (Wildman–Crippen LogP) is 1.64. The molecular weight excluding hydrogens is 136 g/mol. The van der Waals surface area contributed by atoms with Gasteiger partial charge in [-0.3, -0.25) is 0 Å². The van der Waals surface area contributed by atoms with Crippen molar-refractivity contribution in [1.82, 2.24) is 0 Å². The van der Waals surface area contributed by atoms with Crippen LogP contribution in [0.15, 0.2) is 0 Å². The third-order valence-electron chi connectivity index (χ3n) is 1.76. The van der Waals surface area contributed by atoms with E-state index in [1.807, 2.05) is 13.8 Å². The lowest BCUT2D eigenvalue weighted by Gasteiger charge is -2.12. The van der Waals surface area contributed by atoms with Gasteiger partial charge in [-0.25, -0.2) is 4.21 Å². The fraction of sp³-hybridized carbons (Fsp3) is 1.00. The van der Waals surface area contributed by atoms with Crippen LogP contribution in [0.1, 0.15) is 27.2 Å². The van der Waals surface area contributed by atoms with Gasteiger partial charge in [0.05, 0.1) is 5.25 Å². The first-order valence-corrected chi connectivity index (χ1v) is 4.36. The molecule has 0 aromatic heterocycles. The molecule has 9 heavy (non-hydrogen) atoms. The van der Waals surface area contributed by atoms with Crippen molar-refractivity contribution in [2.75, 3.05) is 0 Å². The molecule has 0 aliphatic rings. The van der Waals surface area contributed by atoms with Gasteiger partial charge < -0.3 is 4.55 Å². The molecule has 0 aliphatic carbocycles. The van der Waals surface area contributed by atoms with E-state index in [1.54, 1.807) is 6.92 Å². The van der Waals surface area contributed by atoms with E-state index < -0.39 is 11.1 Å². The minimum absolute atomic E-state index is 0.0880. The molecule has 0 spiro atoms. The van der Waals surface area contributed by atoms with Crippen molar-refractivity contribution >= 4 is 11.1 Å². The summed E-state index contributed by atoms with van der Waals surface area (Å²) in [7, 11) is 0. The first-order chi connectivity index (χ1) is 4.09. The van der Waals surface area contributed by atoms with Gasteiger partial charge in [-0.2, -0.15) is 0 Å². The first-order valence-electron chi connectivity index (χ1n) is 3.19. The van der Waals surface area contributed by atoms with E-state index in [4.69, 9.17) is 4.55 Å². The number of hydrogen-bond donors (Lipinski definition) is 1. The zero-order chi connectivity index (χ0) is 7.44. The first kappa shape index (κ1) is 9.11.